The molecule has 31 heavy (non-hydrogen) atoms. The van der Waals surface area contributed by atoms with E-state index < -0.39 is 6.04 Å². The van der Waals surface area contributed by atoms with Gasteiger partial charge >= 0.3 is 0 Å². The Morgan fingerprint density at radius 1 is 1.00 bits per heavy atom. The highest BCUT2D eigenvalue weighted by Gasteiger charge is 2.28. The van der Waals surface area contributed by atoms with Crippen LogP contribution in [0.25, 0.3) is 0 Å². The van der Waals surface area contributed by atoms with Gasteiger partial charge in [-0.25, -0.2) is 0 Å². The number of amides is 2. The van der Waals surface area contributed by atoms with E-state index in [1.54, 1.807) is 4.90 Å². The summed E-state index contributed by atoms with van der Waals surface area (Å²) < 4.78 is 0. The maximum atomic E-state index is 13.3. The van der Waals surface area contributed by atoms with Crippen LogP contribution in [0.1, 0.15) is 57.2 Å². The highest BCUT2D eigenvalue weighted by Crippen LogP contribution is 2.21. The lowest BCUT2D eigenvalue weighted by molar-refractivity contribution is -0.141. The molecule has 0 saturated carbocycles. The Bertz CT molecular complexity index is 849. The average molecular weight is 443 g/mol. The molecule has 0 unspecified atom stereocenters. The number of hydrogen-bond donors (Lipinski definition) is 1. The fraction of sp³-hybridized carbons (Fsp3) is 0.462. The van der Waals surface area contributed by atoms with Gasteiger partial charge in [0.1, 0.15) is 6.04 Å². The van der Waals surface area contributed by atoms with Gasteiger partial charge in [-0.05, 0) is 47.9 Å². The average Bonchev–Trinajstić information content (AvgIpc) is 2.77. The second-order valence-corrected chi connectivity index (χ2v) is 8.75. The molecule has 0 aliphatic heterocycles. The van der Waals surface area contributed by atoms with Gasteiger partial charge in [-0.2, -0.15) is 0 Å². The second-order valence-electron chi connectivity index (χ2n) is 8.35. The summed E-state index contributed by atoms with van der Waals surface area (Å²) in [4.78, 5) is 27.9. The van der Waals surface area contributed by atoms with E-state index in [0.717, 1.165) is 17.5 Å². The molecular formula is C26H35ClN2O2. The van der Waals surface area contributed by atoms with Crippen LogP contribution in [0.3, 0.4) is 0 Å². The molecule has 0 bridgehead atoms. The monoisotopic (exact) mass is 442 g/mol. The van der Waals surface area contributed by atoms with Crippen LogP contribution >= 0.6 is 11.6 Å². The van der Waals surface area contributed by atoms with Crippen LogP contribution in [0, 0.1) is 5.92 Å². The third kappa shape index (κ3) is 7.70. The van der Waals surface area contributed by atoms with Gasteiger partial charge in [0.05, 0.1) is 0 Å². The van der Waals surface area contributed by atoms with Gasteiger partial charge in [-0.3, -0.25) is 9.59 Å². The molecule has 2 rings (SSSR count). The van der Waals surface area contributed by atoms with Gasteiger partial charge < -0.3 is 10.2 Å². The molecule has 2 amide bonds. The smallest absolute Gasteiger partial charge is 0.242 e. The Labute approximate surface area is 192 Å². The number of carbonyl (C=O) groups excluding carboxylic acids is 2. The molecule has 1 atom stereocenters. The molecule has 2 aromatic carbocycles. The molecule has 0 fully saturated rings. The topological polar surface area (TPSA) is 49.4 Å². The van der Waals surface area contributed by atoms with Crippen molar-refractivity contribution in [3.05, 3.63) is 70.2 Å². The summed E-state index contributed by atoms with van der Waals surface area (Å²) in [5.41, 5.74) is 3.25. The maximum absolute atomic E-state index is 13.3. The second kappa shape index (κ2) is 12.5. The van der Waals surface area contributed by atoms with Crippen molar-refractivity contribution in [3.63, 3.8) is 0 Å². The highest BCUT2D eigenvalue weighted by atomic mass is 35.5. The lowest BCUT2D eigenvalue weighted by Gasteiger charge is -2.31. The van der Waals surface area contributed by atoms with Crippen molar-refractivity contribution in [2.75, 3.05) is 6.54 Å². The van der Waals surface area contributed by atoms with E-state index >= 15 is 0 Å². The van der Waals surface area contributed by atoms with Crippen LogP contribution in [0.5, 0.6) is 0 Å². The largest absolute Gasteiger partial charge is 0.354 e. The standard InChI is InChI=1S/C26H35ClN2O2/c1-5-20-11-13-21(14-12-20)15-16-25(30)29(18-22-9-7-8-10-23(22)27)24(6-2)26(31)28-17-19(3)4/h7-14,19,24H,5-6,15-18H2,1-4H3,(H,28,31)/t24-/m1/s1. The molecule has 0 saturated heterocycles. The molecule has 4 nitrogen and oxygen atoms in total. The van der Waals surface area contributed by atoms with Crippen LogP contribution in [0.4, 0.5) is 0 Å². The van der Waals surface area contributed by atoms with Crippen molar-refractivity contribution < 1.29 is 9.59 Å². The summed E-state index contributed by atoms with van der Waals surface area (Å²) in [6.45, 7) is 9.08. The first-order valence-corrected chi connectivity index (χ1v) is 11.6. The van der Waals surface area contributed by atoms with E-state index in [1.165, 1.54) is 5.56 Å². The fourth-order valence-electron chi connectivity index (χ4n) is 3.49. The van der Waals surface area contributed by atoms with E-state index in [4.69, 9.17) is 11.6 Å². The zero-order chi connectivity index (χ0) is 22.8. The number of carbonyl (C=O) groups is 2. The van der Waals surface area contributed by atoms with Gasteiger partial charge in [0.25, 0.3) is 0 Å². The first-order chi connectivity index (χ1) is 14.8. The first-order valence-electron chi connectivity index (χ1n) is 11.2. The molecule has 0 spiro atoms. The van der Waals surface area contributed by atoms with Gasteiger partial charge in [-0.1, -0.05) is 81.8 Å². The fourth-order valence-corrected chi connectivity index (χ4v) is 3.68. The molecular weight excluding hydrogens is 408 g/mol. The Morgan fingerprint density at radius 3 is 2.23 bits per heavy atom. The van der Waals surface area contributed by atoms with Gasteiger partial charge in [0.15, 0.2) is 0 Å². The van der Waals surface area contributed by atoms with E-state index in [2.05, 4.69) is 50.4 Å². The minimum Gasteiger partial charge on any atom is -0.354 e. The number of nitrogens with zero attached hydrogens (tertiary/aromatic N) is 1. The molecule has 0 aromatic heterocycles. The highest BCUT2D eigenvalue weighted by molar-refractivity contribution is 6.31. The van der Waals surface area contributed by atoms with Gasteiger partial charge in [-0.15, -0.1) is 0 Å². The summed E-state index contributed by atoms with van der Waals surface area (Å²) in [5, 5.41) is 3.59. The molecule has 5 heteroatoms. The Hall–Kier alpha value is -2.33. The summed E-state index contributed by atoms with van der Waals surface area (Å²) in [7, 11) is 0. The van der Waals surface area contributed by atoms with Crippen LogP contribution in [0.2, 0.25) is 5.02 Å². The Kier molecular flexibility index (Phi) is 10.1. The first kappa shape index (κ1) is 24.9. The lowest BCUT2D eigenvalue weighted by Crippen LogP contribution is -2.49. The number of halogens is 1. The minimum atomic E-state index is -0.523. The zero-order valence-corrected chi connectivity index (χ0v) is 19.9. The number of aryl methyl sites for hydroxylation is 2. The van der Waals surface area contributed by atoms with Crippen LogP contribution in [-0.4, -0.2) is 29.3 Å². The zero-order valence-electron chi connectivity index (χ0n) is 19.2. The third-order valence-corrected chi connectivity index (χ3v) is 5.80. The maximum Gasteiger partial charge on any atom is 0.242 e. The minimum absolute atomic E-state index is 0.0361. The number of rotatable bonds is 11. The SMILES string of the molecule is CCc1ccc(CCC(=O)N(Cc2ccccc2Cl)[C@H](CC)C(=O)NCC(C)C)cc1. The summed E-state index contributed by atoms with van der Waals surface area (Å²) >= 11 is 6.37. The molecule has 168 valence electrons. The van der Waals surface area contributed by atoms with Crippen molar-refractivity contribution in [2.24, 2.45) is 5.92 Å². The number of hydrogen-bond acceptors (Lipinski definition) is 2. The Balaban J connectivity index is 2.18. The van der Waals surface area contributed by atoms with Gasteiger partial charge in [0, 0.05) is 24.5 Å². The van der Waals surface area contributed by atoms with Crippen molar-refractivity contribution in [2.45, 2.75) is 66.0 Å². The molecule has 2 aromatic rings. The summed E-state index contributed by atoms with van der Waals surface area (Å²) in [5.74, 6) is 0.204. The predicted octanol–water partition coefficient (Wildman–Crippen LogP) is 5.41. The quantitative estimate of drug-likeness (QED) is 0.505. The van der Waals surface area contributed by atoms with Gasteiger partial charge in [0.2, 0.25) is 11.8 Å². The molecule has 0 radical (unpaired) electrons. The third-order valence-electron chi connectivity index (χ3n) is 5.43. The van der Waals surface area contributed by atoms with E-state index in [-0.39, 0.29) is 11.8 Å². The molecule has 0 aliphatic carbocycles. The number of benzene rings is 2. The van der Waals surface area contributed by atoms with Crippen LogP contribution in [-0.2, 0) is 29.0 Å². The normalized spacial score (nSPS) is 11.9. The van der Waals surface area contributed by atoms with E-state index in [1.807, 2.05) is 31.2 Å². The molecule has 1 N–H and O–H groups in total. The van der Waals surface area contributed by atoms with Crippen LogP contribution < -0.4 is 5.32 Å². The van der Waals surface area contributed by atoms with E-state index in [9.17, 15) is 9.59 Å². The number of nitrogens with one attached hydrogen (secondary N) is 1. The van der Waals surface area contributed by atoms with Crippen LogP contribution in [0.15, 0.2) is 48.5 Å². The summed E-state index contributed by atoms with van der Waals surface area (Å²) in [6, 6.07) is 15.3. The van der Waals surface area contributed by atoms with Crippen molar-refractivity contribution >= 4 is 23.4 Å². The lowest BCUT2D eigenvalue weighted by atomic mass is 10.0. The van der Waals surface area contributed by atoms with E-state index in [0.29, 0.717) is 43.3 Å². The summed E-state index contributed by atoms with van der Waals surface area (Å²) in [6.07, 6.45) is 2.54. The molecule has 0 heterocycles. The van der Waals surface area contributed by atoms with Crippen molar-refractivity contribution in [1.29, 1.82) is 0 Å². The Morgan fingerprint density at radius 2 is 1.65 bits per heavy atom. The van der Waals surface area contributed by atoms with Crippen molar-refractivity contribution in [3.8, 4) is 0 Å². The molecule has 0 aliphatic rings. The van der Waals surface area contributed by atoms with Crippen molar-refractivity contribution in [1.82, 2.24) is 10.2 Å². The predicted molar refractivity (Wildman–Crippen MR) is 128 cm³/mol.